The van der Waals surface area contributed by atoms with E-state index in [1.807, 2.05) is 24.3 Å². The Balaban J connectivity index is 0.000000218. The molecule has 5 aromatic carbocycles. The fraction of sp³-hybridized carbons (Fsp3) is 0.333. The quantitative estimate of drug-likeness (QED) is 0.171. The zero-order valence-electron chi connectivity index (χ0n) is 30.4. The van der Waals surface area contributed by atoms with Gasteiger partial charge in [0.15, 0.2) is 5.79 Å². The minimum Gasteiger partial charge on any atom is -0.366 e. The van der Waals surface area contributed by atoms with Gasteiger partial charge in [0.25, 0.3) is 0 Å². The molecule has 7 rings (SSSR count). The van der Waals surface area contributed by atoms with Crippen LogP contribution in [0.4, 0.5) is 0 Å². The van der Waals surface area contributed by atoms with Gasteiger partial charge >= 0.3 is 0 Å². The normalized spacial score (nSPS) is 14.8. The SMILES string of the molecule is C1CC2CC12.CC(C)(O)O.CCC.Cc1ccc(-c2ccccc2)cc1.Cc1ccccc1.Cc1ccccc1-c1ccc(CN)cc1. The number of aryl methyl sites for hydroxylation is 3. The summed E-state index contributed by atoms with van der Waals surface area (Å²) >= 11 is 0. The van der Waals surface area contributed by atoms with Gasteiger partial charge in [0.05, 0.1) is 0 Å². The Morgan fingerprint density at radius 2 is 0.958 bits per heavy atom. The van der Waals surface area contributed by atoms with Crippen LogP contribution in [0, 0.1) is 32.6 Å². The number of nitrogens with two attached hydrogens (primary N) is 1. The molecule has 0 heterocycles. The van der Waals surface area contributed by atoms with Crippen molar-refractivity contribution in [3.63, 3.8) is 0 Å². The van der Waals surface area contributed by atoms with Crippen molar-refractivity contribution in [2.45, 2.75) is 86.5 Å². The largest absolute Gasteiger partial charge is 0.366 e. The first-order valence-corrected chi connectivity index (χ1v) is 17.4. The Morgan fingerprint density at radius 3 is 1.33 bits per heavy atom. The zero-order valence-corrected chi connectivity index (χ0v) is 30.4. The molecule has 0 amide bonds. The molecule has 2 aliphatic carbocycles. The van der Waals surface area contributed by atoms with E-state index in [0.717, 1.165) is 0 Å². The van der Waals surface area contributed by atoms with Crippen LogP contribution in [0.2, 0.25) is 0 Å². The molecular formula is C45H59NO2. The molecule has 0 bridgehead atoms. The smallest absolute Gasteiger partial charge is 0.156 e. The van der Waals surface area contributed by atoms with Crippen LogP contribution in [0.1, 0.15) is 75.6 Å². The summed E-state index contributed by atoms with van der Waals surface area (Å²) in [5, 5.41) is 16.2. The van der Waals surface area contributed by atoms with Crippen LogP contribution >= 0.6 is 0 Å². The number of fused-ring (bicyclic) bond motifs is 1. The van der Waals surface area contributed by atoms with Crippen LogP contribution in [0.15, 0.2) is 133 Å². The predicted molar refractivity (Wildman–Crippen MR) is 208 cm³/mol. The molecule has 4 N–H and O–H groups in total. The van der Waals surface area contributed by atoms with Crippen LogP contribution in [-0.4, -0.2) is 16.0 Å². The van der Waals surface area contributed by atoms with Crippen molar-refractivity contribution >= 4 is 0 Å². The molecule has 0 radical (unpaired) electrons. The first-order valence-electron chi connectivity index (χ1n) is 17.4. The van der Waals surface area contributed by atoms with E-state index in [4.69, 9.17) is 15.9 Å². The van der Waals surface area contributed by atoms with Crippen LogP contribution in [-0.2, 0) is 6.54 Å². The summed E-state index contributed by atoms with van der Waals surface area (Å²) in [7, 11) is 0. The highest BCUT2D eigenvalue weighted by Crippen LogP contribution is 2.55. The van der Waals surface area contributed by atoms with Crippen molar-refractivity contribution in [2.24, 2.45) is 17.6 Å². The summed E-state index contributed by atoms with van der Waals surface area (Å²) in [5.41, 5.74) is 15.8. The Kier molecular flexibility index (Phi) is 18.2. The van der Waals surface area contributed by atoms with E-state index in [0.29, 0.717) is 6.54 Å². The topological polar surface area (TPSA) is 66.5 Å². The molecule has 0 aromatic heterocycles. The van der Waals surface area contributed by atoms with Gasteiger partial charge in [0, 0.05) is 6.54 Å². The second-order valence-corrected chi connectivity index (χ2v) is 13.1. The summed E-state index contributed by atoms with van der Waals surface area (Å²) in [4.78, 5) is 0. The lowest BCUT2D eigenvalue weighted by molar-refractivity contribution is -0.127. The van der Waals surface area contributed by atoms with Gasteiger partial charge in [-0.25, -0.2) is 0 Å². The molecule has 2 fully saturated rings. The molecule has 5 aromatic rings. The average molecular weight is 646 g/mol. The second-order valence-electron chi connectivity index (χ2n) is 13.1. The van der Waals surface area contributed by atoms with Crippen molar-refractivity contribution in [2.75, 3.05) is 0 Å². The third kappa shape index (κ3) is 17.2. The molecule has 256 valence electrons. The van der Waals surface area contributed by atoms with Gasteiger partial charge < -0.3 is 15.9 Å². The monoisotopic (exact) mass is 645 g/mol. The molecule has 0 saturated heterocycles. The van der Waals surface area contributed by atoms with Crippen molar-refractivity contribution < 1.29 is 10.2 Å². The molecular weight excluding hydrogens is 587 g/mol. The van der Waals surface area contributed by atoms with Gasteiger partial charge in [0.1, 0.15) is 0 Å². The number of hydrogen-bond acceptors (Lipinski definition) is 3. The second kappa shape index (κ2) is 21.8. The van der Waals surface area contributed by atoms with Crippen molar-refractivity contribution in [1.82, 2.24) is 0 Å². The summed E-state index contributed by atoms with van der Waals surface area (Å²) in [6.45, 7) is 13.8. The lowest BCUT2D eigenvalue weighted by Crippen LogP contribution is -2.15. The van der Waals surface area contributed by atoms with Crippen molar-refractivity contribution in [3.8, 4) is 22.3 Å². The number of rotatable bonds is 3. The standard InChI is InChI=1S/C14H15N.C13H12.C7H8.C5H8.C3H8O2.C3H8/c1-11-4-2-3-5-14(11)13-8-6-12(10-15)7-9-13;1-11-7-9-13(10-8-11)12-5-3-2-4-6-12;1-7-5-3-2-4-6-7;1-2-5-3-4(1)5;1-3(2,4)5;1-3-2/h2-9H,10,15H2,1H3;2-10H,1H3;2-6H,1H3;4-5H,1-3H2;4-5H,1-2H3;3H2,1-2H3. The van der Waals surface area contributed by atoms with Gasteiger partial charge in [-0.15, -0.1) is 0 Å². The molecule has 2 saturated carbocycles. The third-order valence-corrected chi connectivity index (χ3v) is 7.72. The van der Waals surface area contributed by atoms with Gasteiger partial charge in [-0.3, -0.25) is 0 Å². The van der Waals surface area contributed by atoms with Gasteiger partial charge in [-0.2, -0.15) is 0 Å². The third-order valence-electron chi connectivity index (χ3n) is 7.72. The first kappa shape index (κ1) is 40.2. The van der Waals surface area contributed by atoms with Crippen LogP contribution in [0.25, 0.3) is 22.3 Å². The number of benzene rings is 5. The van der Waals surface area contributed by atoms with E-state index in [-0.39, 0.29) is 0 Å². The Hall–Kier alpha value is -4.02. The lowest BCUT2D eigenvalue weighted by atomic mass is 10.00. The summed E-state index contributed by atoms with van der Waals surface area (Å²) in [5.74, 6) is 0.963. The zero-order chi connectivity index (χ0) is 35.4. The van der Waals surface area contributed by atoms with Crippen LogP contribution in [0.5, 0.6) is 0 Å². The molecule has 2 atom stereocenters. The van der Waals surface area contributed by atoms with Crippen molar-refractivity contribution in [3.05, 3.63) is 156 Å². The molecule has 3 heteroatoms. The van der Waals surface area contributed by atoms with E-state index in [2.05, 4.69) is 144 Å². The van der Waals surface area contributed by atoms with E-state index >= 15 is 0 Å². The first-order chi connectivity index (χ1) is 22.9. The van der Waals surface area contributed by atoms with Crippen molar-refractivity contribution in [1.29, 1.82) is 0 Å². The van der Waals surface area contributed by atoms with E-state index in [1.54, 1.807) is 19.3 Å². The van der Waals surface area contributed by atoms with E-state index < -0.39 is 5.79 Å². The maximum absolute atomic E-state index is 8.08. The van der Waals surface area contributed by atoms with Gasteiger partial charge in [0.2, 0.25) is 0 Å². The molecule has 2 unspecified atom stereocenters. The average Bonchev–Trinajstić information content (AvgIpc) is 3.67. The minimum absolute atomic E-state index is 0.605. The summed E-state index contributed by atoms with van der Waals surface area (Å²) < 4.78 is 0. The van der Waals surface area contributed by atoms with Crippen LogP contribution < -0.4 is 5.73 Å². The lowest BCUT2D eigenvalue weighted by Gasteiger charge is -2.06. The van der Waals surface area contributed by atoms with Gasteiger partial charge in [-0.05, 0) is 99.1 Å². The number of aliphatic hydroxyl groups is 2. The van der Waals surface area contributed by atoms with Gasteiger partial charge in [-0.1, -0.05) is 165 Å². The van der Waals surface area contributed by atoms with E-state index in [9.17, 15) is 0 Å². The maximum Gasteiger partial charge on any atom is 0.156 e. The minimum atomic E-state index is -1.50. The fourth-order valence-corrected chi connectivity index (χ4v) is 4.81. The fourth-order valence-electron chi connectivity index (χ4n) is 4.81. The highest BCUT2D eigenvalue weighted by Gasteiger charge is 2.44. The molecule has 48 heavy (non-hydrogen) atoms. The Bertz CT molecular complexity index is 1500. The summed E-state index contributed by atoms with van der Waals surface area (Å²) in [6.07, 6.45) is 5.95. The Labute approximate surface area is 291 Å². The Morgan fingerprint density at radius 1 is 0.562 bits per heavy atom. The number of hydrogen-bond donors (Lipinski definition) is 3. The van der Waals surface area contributed by atoms with E-state index in [1.165, 1.54) is 76.6 Å². The maximum atomic E-state index is 8.08. The molecule has 0 spiro atoms. The highest BCUT2D eigenvalue weighted by molar-refractivity contribution is 5.67. The summed E-state index contributed by atoms with van der Waals surface area (Å²) in [6, 6.07) is 46.1. The predicted octanol–water partition coefficient (Wildman–Crippen LogP) is 11.3. The molecule has 2 aliphatic rings. The molecule has 0 aliphatic heterocycles. The van der Waals surface area contributed by atoms with Crippen LogP contribution in [0.3, 0.4) is 0 Å². The molecule has 3 nitrogen and oxygen atoms in total. The highest BCUT2D eigenvalue weighted by atomic mass is 16.5.